The van der Waals surface area contributed by atoms with Crippen molar-refractivity contribution < 1.29 is 0 Å². The van der Waals surface area contributed by atoms with Crippen LogP contribution in [0.3, 0.4) is 0 Å². The fourth-order valence-electron chi connectivity index (χ4n) is 3.05. The monoisotopic (exact) mass is 278 g/mol. The van der Waals surface area contributed by atoms with Gasteiger partial charge in [-0.1, -0.05) is 56.9 Å². The van der Waals surface area contributed by atoms with Gasteiger partial charge in [-0.2, -0.15) is 0 Å². The molecule has 0 nitrogen and oxygen atoms in total. The van der Waals surface area contributed by atoms with Crippen LogP contribution in [0.4, 0.5) is 0 Å². The Bertz CT molecular complexity index is 630. The molecule has 1 aliphatic rings. The van der Waals surface area contributed by atoms with Crippen molar-refractivity contribution in [3.05, 3.63) is 58.7 Å². The summed E-state index contributed by atoms with van der Waals surface area (Å²) in [4.78, 5) is 0. The van der Waals surface area contributed by atoms with E-state index in [1.165, 1.54) is 24.0 Å². The Morgan fingerprint density at radius 1 is 1.29 bits per heavy atom. The molecule has 1 aromatic carbocycles. The topological polar surface area (TPSA) is 0 Å². The van der Waals surface area contributed by atoms with E-state index in [1.54, 1.807) is 0 Å². The first-order valence-corrected chi connectivity index (χ1v) is 7.93. The van der Waals surface area contributed by atoms with Gasteiger partial charge in [-0.25, -0.2) is 0 Å². The van der Waals surface area contributed by atoms with Crippen molar-refractivity contribution in [3.63, 3.8) is 0 Å². The molecular weight excluding hydrogens is 252 g/mol. The minimum absolute atomic E-state index is 0.270. The quantitative estimate of drug-likeness (QED) is 0.454. The van der Waals surface area contributed by atoms with E-state index >= 15 is 0 Å². The fourth-order valence-corrected chi connectivity index (χ4v) is 3.05. The van der Waals surface area contributed by atoms with Gasteiger partial charge in [0.1, 0.15) is 0 Å². The van der Waals surface area contributed by atoms with Gasteiger partial charge < -0.3 is 0 Å². The van der Waals surface area contributed by atoms with Crippen LogP contribution in [0.2, 0.25) is 0 Å². The van der Waals surface area contributed by atoms with Crippen LogP contribution in [0.5, 0.6) is 0 Å². The summed E-state index contributed by atoms with van der Waals surface area (Å²) in [6, 6.07) is 6.77. The van der Waals surface area contributed by atoms with Gasteiger partial charge in [0.25, 0.3) is 0 Å². The van der Waals surface area contributed by atoms with E-state index in [2.05, 4.69) is 63.0 Å². The highest BCUT2D eigenvalue weighted by Crippen LogP contribution is 2.42. The predicted octanol–water partition coefficient (Wildman–Crippen LogP) is 5.74. The molecule has 0 saturated heterocycles. The lowest BCUT2D eigenvalue weighted by atomic mass is 9.69. The molecule has 1 atom stereocenters. The van der Waals surface area contributed by atoms with Gasteiger partial charge >= 0.3 is 0 Å². The molecule has 2 rings (SSSR count). The van der Waals surface area contributed by atoms with Gasteiger partial charge in [0.2, 0.25) is 0 Å². The van der Waals surface area contributed by atoms with Crippen molar-refractivity contribution in [2.75, 3.05) is 0 Å². The van der Waals surface area contributed by atoms with E-state index in [4.69, 9.17) is 0 Å². The minimum atomic E-state index is 0.270. The van der Waals surface area contributed by atoms with Crippen molar-refractivity contribution in [1.29, 1.82) is 0 Å². The van der Waals surface area contributed by atoms with Crippen LogP contribution < -0.4 is 0 Å². The molecule has 0 saturated carbocycles. The maximum absolute atomic E-state index is 3.31. The van der Waals surface area contributed by atoms with E-state index in [9.17, 15) is 0 Å². The third-order valence-electron chi connectivity index (χ3n) is 4.52. The third-order valence-corrected chi connectivity index (χ3v) is 4.52. The number of rotatable bonds is 1. The molecule has 1 unspecified atom stereocenters. The van der Waals surface area contributed by atoms with Crippen LogP contribution >= 0.6 is 0 Å². The number of hydrogen-bond acceptors (Lipinski definition) is 0. The van der Waals surface area contributed by atoms with E-state index in [-0.39, 0.29) is 5.41 Å². The second-order valence-corrected chi connectivity index (χ2v) is 6.62. The van der Waals surface area contributed by atoms with Crippen LogP contribution in [0.1, 0.15) is 70.1 Å². The lowest BCUT2D eigenvalue weighted by molar-refractivity contribution is 0.402. The van der Waals surface area contributed by atoms with E-state index in [1.807, 2.05) is 19.9 Å². The molecule has 0 amide bonds. The van der Waals surface area contributed by atoms with Gasteiger partial charge in [0, 0.05) is 11.1 Å². The summed E-state index contributed by atoms with van der Waals surface area (Å²) in [6.07, 6.45) is 8.68. The van der Waals surface area contributed by atoms with Gasteiger partial charge in [-0.05, 0) is 61.3 Å². The van der Waals surface area contributed by atoms with Gasteiger partial charge in [0.05, 0.1) is 0 Å². The molecule has 0 aromatic heterocycles. The highest BCUT2D eigenvalue weighted by molar-refractivity contribution is 5.49. The Hall–Kier alpha value is -1.74. The van der Waals surface area contributed by atoms with Crippen LogP contribution in [-0.4, -0.2) is 0 Å². The summed E-state index contributed by atoms with van der Waals surface area (Å²) in [5, 5.41) is 0. The fraction of sp³-hybridized carbons (Fsp3) is 0.429. The molecule has 21 heavy (non-hydrogen) atoms. The van der Waals surface area contributed by atoms with Crippen LogP contribution in [0, 0.1) is 11.8 Å². The molecule has 0 aliphatic heterocycles. The molecule has 0 fully saturated rings. The molecule has 1 aliphatic carbocycles. The summed E-state index contributed by atoms with van der Waals surface area (Å²) in [5.74, 6) is 7.24. The Balaban J connectivity index is 2.40. The van der Waals surface area contributed by atoms with E-state index in [0.29, 0.717) is 5.92 Å². The number of fused-ring (bicyclic) bond motifs is 1. The molecule has 0 bridgehead atoms. The number of hydrogen-bond donors (Lipinski definition) is 0. The number of allylic oxidation sites excluding steroid dienone is 4. The molecule has 0 N–H and O–H groups in total. The van der Waals surface area contributed by atoms with Crippen molar-refractivity contribution in [2.24, 2.45) is 0 Å². The van der Waals surface area contributed by atoms with Gasteiger partial charge in [0.15, 0.2) is 0 Å². The normalized spacial score (nSPS) is 20.8. The van der Waals surface area contributed by atoms with Gasteiger partial charge in [-0.3, -0.25) is 0 Å². The zero-order valence-electron chi connectivity index (χ0n) is 14.0. The lowest BCUT2D eigenvalue weighted by Gasteiger charge is -2.36. The van der Waals surface area contributed by atoms with Gasteiger partial charge in [-0.15, -0.1) is 0 Å². The second kappa shape index (κ2) is 6.35. The average molecular weight is 278 g/mol. The standard InChI is InChI=1S/C21H26/c1-6-8-17(7-2)9-10-18-11-12-19-16(3)13-14-21(4,5)20(19)15-18/h6-8,11-12,15-16H,13-14H2,1-5H3/b8-6-,17-7+. The Morgan fingerprint density at radius 3 is 2.71 bits per heavy atom. The average Bonchev–Trinajstić information content (AvgIpc) is 2.48. The Morgan fingerprint density at radius 2 is 2.05 bits per heavy atom. The van der Waals surface area contributed by atoms with E-state index in [0.717, 1.165) is 11.1 Å². The number of benzene rings is 1. The molecule has 0 spiro atoms. The molecule has 110 valence electrons. The molecule has 0 heteroatoms. The van der Waals surface area contributed by atoms with Crippen molar-refractivity contribution in [3.8, 4) is 11.8 Å². The summed E-state index contributed by atoms with van der Waals surface area (Å²) < 4.78 is 0. The first kappa shape index (κ1) is 15.6. The summed E-state index contributed by atoms with van der Waals surface area (Å²) in [5.41, 5.74) is 5.46. The van der Waals surface area contributed by atoms with E-state index < -0.39 is 0 Å². The van der Waals surface area contributed by atoms with Crippen LogP contribution in [0.25, 0.3) is 0 Å². The maximum atomic E-state index is 3.31. The zero-order valence-corrected chi connectivity index (χ0v) is 14.0. The van der Waals surface area contributed by atoms with Crippen molar-refractivity contribution in [2.45, 2.75) is 58.8 Å². The highest BCUT2D eigenvalue weighted by Gasteiger charge is 2.30. The molecule has 1 aromatic rings. The third kappa shape index (κ3) is 3.48. The SMILES string of the molecule is C/C=C\C(C#Cc1ccc2c(c1)C(C)(C)CCC2C)=C/C. The Labute approximate surface area is 130 Å². The molecule has 0 heterocycles. The summed E-state index contributed by atoms with van der Waals surface area (Å²) in [6.45, 7) is 11.1. The van der Waals surface area contributed by atoms with Crippen molar-refractivity contribution >= 4 is 0 Å². The highest BCUT2D eigenvalue weighted by atomic mass is 14.3. The van der Waals surface area contributed by atoms with Crippen LogP contribution in [-0.2, 0) is 5.41 Å². The first-order valence-electron chi connectivity index (χ1n) is 7.93. The second-order valence-electron chi connectivity index (χ2n) is 6.62. The largest absolute Gasteiger partial charge is 0.0864 e. The molecule has 0 radical (unpaired) electrons. The first-order chi connectivity index (χ1) is 9.97. The van der Waals surface area contributed by atoms with Crippen molar-refractivity contribution in [1.82, 2.24) is 0 Å². The maximum Gasteiger partial charge on any atom is 0.0252 e. The Kier molecular flexibility index (Phi) is 4.73. The summed E-state index contributed by atoms with van der Waals surface area (Å²) >= 11 is 0. The smallest absolute Gasteiger partial charge is 0.0252 e. The predicted molar refractivity (Wildman–Crippen MR) is 92.6 cm³/mol. The minimum Gasteiger partial charge on any atom is -0.0864 e. The zero-order chi connectivity index (χ0) is 15.5. The molecular formula is C21H26. The van der Waals surface area contributed by atoms with Crippen LogP contribution in [0.15, 0.2) is 42.0 Å². The lowest BCUT2D eigenvalue weighted by Crippen LogP contribution is -2.25. The summed E-state index contributed by atoms with van der Waals surface area (Å²) in [7, 11) is 0.